The van der Waals surface area contributed by atoms with Gasteiger partial charge in [0.05, 0.1) is 8.69 Å². The van der Waals surface area contributed by atoms with Gasteiger partial charge in [-0.3, -0.25) is 9.12 Å². The van der Waals surface area contributed by atoms with Crippen molar-refractivity contribution in [3.63, 3.8) is 0 Å². The Morgan fingerprint density at radius 2 is 1.40 bits per heavy atom. The van der Waals surface area contributed by atoms with Crippen LogP contribution < -0.4 is 85.8 Å². The molecule has 0 aliphatic carbocycles. The summed E-state index contributed by atoms with van der Waals surface area (Å²) in [5, 5.41) is 0. The van der Waals surface area contributed by atoms with Crippen molar-refractivity contribution in [2.45, 2.75) is 0 Å². The molecule has 0 fully saturated rings. The largest absolute Gasteiger partial charge is 1.00 e. The second-order valence-electron chi connectivity index (χ2n) is 1.05. The maximum Gasteiger partial charge on any atom is 1.00 e. The molecule has 0 atom stereocenters. The van der Waals surface area contributed by atoms with E-state index in [1.165, 1.54) is 0 Å². The molecule has 0 aromatic heterocycles. The summed E-state index contributed by atoms with van der Waals surface area (Å²) in [5.74, 6) is 0. The van der Waals surface area contributed by atoms with E-state index in [2.05, 4.69) is 8.67 Å². The van der Waals surface area contributed by atoms with Crippen LogP contribution in [0.1, 0.15) is 0 Å². The van der Waals surface area contributed by atoms with Crippen LogP contribution in [0.25, 0.3) is 0 Å². The Bertz CT molecular complexity index is 296. The van der Waals surface area contributed by atoms with Crippen LogP contribution in [0.3, 0.4) is 0 Å². The van der Waals surface area contributed by atoms with Gasteiger partial charge in [-0.1, -0.05) is 8.67 Å². The zero-order chi connectivity index (χ0) is 11.1. The smallest absolute Gasteiger partial charge is 0.772 e. The first-order valence-corrected chi connectivity index (χ1v) is 5.31. The molecule has 0 bridgehead atoms. The molecule has 0 radical (unpaired) electrons. The van der Waals surface area contributed by atoms with E-state index in [9.17, 15) is 21.4 Å². The minimum atomic E-state index is -5.27. The fourth-order valence-corrected chi connectivity index (χ4v) is 0.622. The van der Waals surface area contributed by atoms with Gasteiger partial charge in [0.15, 0.2) is 0 Å². The molecular formula is HKNaO10PS2. The number of hydrogen-bond donors (Lipinski definition) is 1. The van der Waals surface area contributed by atoms with Gasteiger partial charge in [-0.05, 0) is 0 Å². The Morgan fingerprint density at radius 3 is 1.47 bits per heavy atom. The molecule has 0 aliphatic heterocycles. The van der Waals surface area contributed by atoms with Gasteiger partial charge in [0, 0.05) is 0 Å². The number of rotatable bonds is 3. The Labute approximate surface area is 152 Å². The molecule has 80 valence electrons. The quantitative estimate of drug-likeness (QED) is 0.131. The van der Waals surface area contributed by atoms with Gasteiger partial charge in [-0.15, -0.1) is 0 Å². The molecule has 10 nitrogen and oxygen atoms in total. The van der Waals surface area contributed by atoms with Gasteiger partial charge in [-0.2, -0.15) is 8.42 Å². The van der Waals surface area contributed by atoms with Crippen LogP contribution >= 0.6 is 8.69 Å². The second kappa shape index (κ2) is 12.9. The van der Waals surface area contributed by atoms with E-state index in [0.29, 0.717) is 0 Å². The summed E-state index contributed by atoms with van der Waals surface area (Å²) in [6.45, 7) is 0. The van der Waals surface area contributed by atoms with E-state index in [1.807, 2.05) is 0 Å². The summed E-state index contributed by atoms with van der Waals surface area (Å²) in [5.41, 5.74) is 0. The fraction of sp³-hybridized carbons (Fsp3) is 0. The molecule has 0 rings (SSSR count). The zero-order valence-corrected chi connectivity index (χ0v) is 15.0. The summed E-state index contributed by atoms with van der Waals surface area (Å²) in [7, 11) is -11.4. The summed E-state index contributed by atoms with van der Waals surface area (Å²) in [6, 6.07) is 0. The Morgan fingerprint density at radius 1 is 1.13 bits per heavy atom. The van der Waals surface area contributed by atoms with E-state index < -0.39 is 29.5 Å². The molecule has 0 aliphatic rings. The summed E-state index contributed by atoms with van der Waals surface area (Å²) < 4.78 is 68.5. The van der Waals surface area contributed by atoms with Crippen LogP contribution in [-0.2, 0) is 34.0 Å². The molecule has 15 heavy (non-hydrogen) atoms. The first kappa shape index (κ1) is 26.1. The van der Waals surface area contributed by atoms with E-state index in [0.717, 1.165) is 0 Å². The van der Waals surface area contributed by atoms with E-state index >= 15 is 0 Å². The van der Waals surface area contributed by atoms with Crippen LogP contribution in [-0.4, -0.2) is 25.9 Å². The van der Waals surface area contributed by atoms with Gasteiger partial charge in [0.2, 0.25) is 10.4 Å². The van der Waals surface area contributed by atoms with E-state index in [4.69, 9.17) is 14.0 Å². The van der Waals surface area contributed by atoms with Crippen molar-refractivity contribution in [1.82, 2.24) is 0 Å². The second-order valence-corrected chi connectivity index (χ2v) is 3.14. The maximum absolute atomic E-state index is 9.48. The monoisotopic (exact) mass is 318 g/mol. The normalized spacial score (nSPS) is 10.3. The predicted molar refractivity (Wildman–Crippen MR) is 31.0 cm³/mol. The van der Waals surface area contributed by atoms with Crippen molar-refractivity contribution >= 4 is 29.5 Å². The summed E-state index contributed by atoms with van der Waals surface area (Å²) in [6.07, 6.45) is 0. The van der Waals surface area contributed by atoms with Gasteiger partial charge in [0.1, 0.15) is 0 Å². The Kier molecular flexibility index (Phi) is 22.4. The topological polar surface area (TPSA) is 170 Å². The molecule has 0 amide bonds. The zero-order valence-electron chi connectivity index (χ0n) is 7.39. The SMILES string of the molecule is O=P[O-].O=S(=O)([O-])OOS(=O)(=O)O.[K+].[Na+]. The van der Waals surface area contributed by atoms with E-state index in [1.54, 1.807) is 0 Å². The van der Waals surface area contributed by atoms with Crippen LogP contribution in [0.15, 0.2) is 0 Å². The fourth-order valence-electron chi connectivity index (χ4n) is 0.0691. The van der Waals surface area contributed by atoms with Gasteiger partial charge >= 0.3 is 91.3 Å². The molecule has 0 unspecified atom stereocenters. The number of hydrogen-bond acceptors (Lipinski definition) is 9. The van der Waals surface area contributed by atoms with Crippen molar-refractivity contribution in [2.75, 3.05) is 0 Å². The molecule has 0 saturated heterocycles. The standard InChI is InChI=1S/K.Na.H2O8S2.HO2P/c;;1-9(2,3)7-8-10(4,5)6;1-3-2/h;;(H,1,2,3)(H,4,5,6);(H,1,2)/q2*+1;;/p-2. The predicted octanol–water partition coefficient (Wildman–Crippen LogP) is -8.24. The third-order valence-corrected chi connectivity index (χ3v) is 0.758. The third-order valence-electron chi connectivity index (χ3n) is 0.197. The van der Waals surface area contributed by atoms with Crippen molar-refractivity contribution in [1.29, 1.82) is 0 Å². The van der Waals surface area contributed by atoms with Crippen molar-refractivity contribution < 1.29 is 125 Å². The Balaban J connectivity index is -0.000000108. The van der Waals surface area contributed by atoms with E-state index in [-0.39, 0.29) is 80.9 Å². The summed E-state index contributed by atoms with van der Waals surface area (Å²) in [4.78, 5) is 8.35. The third kappa shape index (κ3) is 38.5. The molecule has 0 heterocycles. The molecule has 0 aromatic rings. The molecule has 0 spiro atoms. The van der Waals surface area contributed by atoms with Gasteiger partial charge in [0.25, 0.3) is 0 Å². The van der Waals surface area contributed by atoms with Crippen LogP contribution in [0, 0.1) is 0 Å². The van der Waals surface area contributed by atoms with Crippen LogP contribution in [0.4, 0.5) is 0 Å². The average molecular weight is 318 g/mol. The van der Waals surface area contributed by atoms with Gasteiger partial charge in [-0.25, -0.2) is 8.42 Å². The van der Waals surface area contributed by atoms with Gasteiger partial charge < -0.3 is 9.45 Å². The molecule has 0 aromatic carbocycles. The molecule has 15 heteroatoms. The maximum atomic E-state index is 9.48. The van der Waals surface area contributed by atoms with Crippen molar-refractivity contribution in [3.8, 4) is 0 Å². The minimum Gasteiger partial charge on any atom is -0.772 e. The first-order chi connectivity index (χ1) is 5.62. The first-order valence-electron chi connectivity index (χ1n) is 1.88. The Hall–Kier alpha value is 2.44. The van der Waals surface area contributed by atoms with Crippen LogP contribution in [0.2, 0.25) is 0 Å². The molecule has 0 saturated carbocycles. The molecule has 1 N–H and O–H groups in total. The van der Waals surface area contributed by atoms with Crippen molar-refractivity contribution in [2.24, 2.45) is 0 Å². The summed E-state index contributed by atoms with van der Waals surface area (Å²) >= 11 is 0. The van der Waals surface area contributed by atoms with Crippen LogP contribution in [0.5, 0.6) is 0 Å². The minimum absolute atomic E-state index is 0. The van der Waals surface area contributed by atoms with Crippen molar-refractivity contribution in [3.05, 3.63) is 0 Å². The average Bonchev–Trinajstić information content (AvgIpc) is 1.82. The molecular weight excluding hydrogens is 317 g/mol.